The Hall–Kier alpha value is -2.28. The Kier molecular flexibility index (Phi) is 17.8. The summed E-state index contributed by atoms with van der Waals surface area (Å²) in [7, 11) is 0. The van der Waals surface area contributed by atoms with Gasteiger partial charge in [0, 0.05) is 25.7 Å². The van der Waals surface area contributed by atoms with Gasteiger partial charge < -0.3 is 37.9 Å². The molecule has 16 atom stereocenters. The Labute approximate surface area is 360 Å². The molecule has 5 aliphatic heterocycles. The van der Waals surface area contributed by atoms with E-state index in [0.29, 0.717) is 25.7 Å². The number of esters is 4. The van der Waals surface area contributed by atoms with Crippen molar-refractivity contribution in [1.82, 2.24) is 0 Å². The first-order chi connectivity index (χ1) is 28.3. The van der Waals surface area contributed by atoms with Gasteiger partial charge in [0.15, 0.2) is 0 Å². The highest BCUT2D eigenvalue weighted by atomic mass is 16.6. The van der Waals surface area contributed by atoms with Crippen molar-refractivity contribution in [3.63, 3.8) is 0 Å². The van der Waals surface area contributed by atoms with Crippen LogP contribution in [-0.2, 0) is 57.1 Å². The van der Waals surface area contributed by atoms with Crippen LogP contribution in [0.2, 0.25) is 0 Å². The zero-order valence-electron chi connectivity index (χ0n) is 38.9. The molecule has 5 heterocycles. The van der Waals surface area contributed by atoms with Crippen LogP contribution in [0.1, 0.15) is 160 Å². The van der Waals surface area contributed by atoms with Crippen LogP contribution in [0.25, 0.3) is 0 Å². The molecule has 0 amide bonds. The van der Waals surface area contributed by atoms with Gasteiger partial charge in [-0.15, -0.1) is 0 Å². The third-order valence-corrected chi connectivity index (χ3v) is 14.3. The lowest BCUT2D eigenvalue weighted by molar-refractivity contribution is -0.165. The predicted molar refractivity (Wildman–Crippen MR) is 226 cm³/mol. The first-order valence-electron chi connectivity index (χ1n) is 23.7. The van der Waals surface area contributed by atoms with Gasteiger partial charge in [-0.3, -0.25) is 19.2 Å². The van der Waals surface area contributed by atoms with Gasteiger partial charge in [-0.05, 0) is 103 Å². The van der Waals surface area contributed by atoms with Crippen molar-refractivity contribution in [3.8, 4) is 0 Å². The smallest absolute Gasteiger partial charge is 0.311 e. The zero-order valence-corrected chi connectivity index (χ0v) is 38.9. The monoisotopic (exact) mass is 849 g/mol. The summed E-state index contributed by atoms with van der Waals surface area (Å²) < 4.78 is 50.6. The van der Waals surface area contributed by atoms with E-state index in [0.717, 1.165) is 51.4 Å². The molecule has 344 valence electrons. The maximum Gasteiger partial charge on any atom is 0.311 e. The second-order valence-corrected chi connectivity index (χ2v) is 20.5. The van der Waals surface area contributed by atoms with Crippen LogP contribution in [0.15, 0.2) is 0 Å². The fraction of sp³-hybridized carbons (Fsp3) is 0.917. The molecule has 5 saturated heterocycles. The van der Waals surface area contributed by atoms with Crippen LogP contribution in [0.3, 0.4) is 0 Å². The standard InChI is InChI=1S/C48H80O12/c1-25(2)41-21-33-13-17-38(53-33)30(10)46(50)58-43(27(5)6)23-35-15-19-40(55-35)32(12)48(52)60-44(28(7)8)24-36-16-20-39(56-36)31(11)47(51)59-42(26(3)4)22-34-14-18-37(54-34)29(9)45(49)57-41/h25-44H,13-24H2,1-12H3/t29-,30+,31+,32-,33-,34+,35+,36-,37-,38+,39+,40-,41-,42-,43-,44+/m1/s1. The van der Waals surface area contributed by atoms with Crippen LogP contribution >= 0.6 is 0 Å². The maximum atomic E-state index is 13.6. The molecule has 12 nitrogen and oxygen atoms in total. The molecule has 60 heavy (non-hydrogen) atoms. The van der Waals surface area contributed by atoms with Crippen molar-refractivity contribution in [3.05, 3.63) is 0 Å². The largest absolute Gasteiger partial charge is 0.462 e. The second-order valence-electron chi connectivity index (χ2n) is 20.5. The van der Waals surface area contributed by atoms with Gasteiger partial charge in [0.1, 0.15) is 24.4 Å². The minimum atomic E-state index is -0.457. The van der Waals surface area contributed by atoms with Crippen molar-refractivity contribution < 1.29 is 57.1 Å². The van der Waals surface area contributed by atoms with Gasteiger partial charge in [-0.25, -0.2) is 0 Å². The van der Waals surface area contributed by atoms with Crippen molar-refractivity contribution >= 4 is 23.9 Å². The summed E-state index contributed by atoms with van der Waals surface area (Å²) in [5.41, 5.74) is 0. The number of rotatable bonds is 4. The van der Waals surface area contributed by atoms with Crippen molar-refractivity contribution in [2.75, 3.05) is 0 Å². The topological polar surface area (TPSA) is 142 Å². The van der Waals surface area contributed by atoms with E-state index in [1.54, 1.807) is 0 Å². The number of carbonyl (C=O) groups is 4. The van der Waals surface area contributed by atoms with Crippen LogP contribution in [0, 0.1) is 47.3 Å². The van der Waals surface area contributed by atoms with Crippen LogP contribution < -0.4 is 0 Å². The molecule has 0 aliphatic carbocycles. The molecule has 0 aromatic carbocycles. The minimum Gasteiger partial charge on any atom is -0.462 e. The zero-order chi connectivity index (χ0) is 44.0. The highest BCUT2D eigenvalue weighted by Crippen LogP contribution is 2.37. The van der Waals surface area contributed by atoms with E-state index in [2.05, 4.69) is 0 Å². The maximum absolute atomic E-state index is 13.6. The summed E-state index contributed by atoms with van der Waals surface area (Å²) in [6.07, 6.45) is 5.06. The summed E-state index contributed by atoms with van der Waals surface area (Å²) in [4.78, 5) is 54.5. The normalized spacial score (nSPS) is 41.2. The highest BCUT2D eigenvalue weighted by molar-refractivity contribution is 5.74. The lowest BCUT2D eigenvalue weighted by atomic mass is 9.96. The lowest BCUT2D eigenvalue weighted by Crippen LogP contribution is -2.37. The molecule has 8 bridgehead atoms. The molecule has 0 radical (unpaired) electrons. The Morgan fingerprint density at radius 2 is 0.517 bits per heavy atom. The molecule has 0 saturated carbocycles. The Bertz CT molecular complexity index is 1210. The third kappa shape index (κ3) is 12.9. The second kappa shape index (κ2) is 21.9. The molecule has 5 aliphatic rings. The van der Waals surface area contributed by atoms with Crippen LogP contribution in [0.4, 0.5) is 0 Å². The van der Waals surface area contributed by atoms with Crippen molar-refractivity contribution in [1.29, 1.82) is 0 Å². The number of hydrogen-bond donors (Lipinski definition) is 0. The molecular weight excluding hydrogens is 769 g/mol. The van der Waals surface area contributed by atoms with Gasteiger partial charge in [0.2, 0.25) is 0 Å². The number of carbonyl (C=O) groups excluding carboxylic acids is 4. The molecule has 0 aromatic heterocycles. The fourth-order valence-electron chi connectivity index (χ4n) is 9.59. The number of hydrogen-bond acceptors (Lipinski definition) is 12. The summed E-state index contributed by atoms with van der Waals surface area (Å²) >= 11 is 0. The van der Waals surface area contributed by atoms with Gasteiger partial charge in [-0.1, -0.05) is 55.4 Å². The minimum absolute atomic E-state index is 0.0745. The van der Waals surface area contributed by atoms with E-state index in [4.69, 9.17) is 37.9 Å². The van der Waals surface area contributed by atoms with E-state index >= 15 is 0 Å². The molecular formula is C48H80O12. The van der Waals surface area contributed by atoms with Gasteiger partial charge in [-0.2, -0.15) is 0 Å². The average molecular weight is 849 g/mol. The molecule has 0 unspecified atom stereocenters. The quantitative estimate of drug-likeness (QED) is 0.198. The molecule has 0 aromatic rings. The Morgan fingerprint density at radius 3 is 0.683 bits per heavy atom. The summed E-state index contributed by atoms with van der Waals surface area (Å²) in [6, 6.07) is 0. The molecule has 5 rings (SSSR count). The number of ether oxygens (including phenoxy) is 8. The summed E-state index contributed by atoms with van der Waals surface area (Å²) in [5.74, 6) is -2.65. The molecule has 12 heteroatoms. The van der Waals surface area contributed by atoms with E-state index in [9.17, 15) is 19.2 Å². The van der Waals surface area contributed by atoms with Crippen molar-refractivity contribution in [2.45, 2.75) is 233 Å². The SMILES string of the molecule is CC(C)[C@@H]1C[C@H]2CC[C@H](O2)[C@H](C)C(=O)O[C@@H](C(C)C)C[C@@H]2CC[C@@H](O2)[C@@H](C)C(=O)O[C@@H](C(C)C)C[C@H]2CC[C@H](O2)[C@H](C)C(=O)O[C@@H](C(C)C)C[C@@H]2CC[C@@H](O2)[C@@H](C)C(=O)O1. The van der Waals surface area contributed by atoms with Gasteiger partial charge >= 0.3 is 23.9 Å². The van der Waals surface area contributed by atoms with Gasteiger partial charge in [0.25, 0.3) is 0 Å². The summed E-state index contributed by atoms with van der Waals surface area (Å²) in [5, 5.41) is 0. The number of cyclic esters (lactones) is 4. The lowest BCUT2D eigenvalue weighted by Gasteiger charge is -2.30. The highest BCUT2D eigenvalue weighted by Gasteiger charge is 2.43. The molecule has 0 spiro atoms. The Balaban J connectivity index is 1.30. The predicted octanol–water partition coefficient (Wildman–Crippen LogP) is 8.57. The first kappa shape index (κ1) is 48.7. The van der Waals surface area contributed by atoms with E-state index in [1.807, 2.05) is 83.1 Å². The average Bonchev–Trinajstić information content (AvgIpc) is 4.03. The third-order valence-electron chi connectivity index (χ3n) is 14.3. The van der Waals surface area contributed by atoms with Crippen LogP contribution in [-0.4, -0.2) is 97.1 Å². The van der Waals surface area contributed by atoms with Gasteiger partial charge in [0.05, 0.1) is 72.5 Å². The van der Waals surface area contributed by atoms with Crippen LogP contribution in [0.5, 0.6) is 0 Å². The number of fused-ring (bicyclic) bond motifs is 8. The summed E-state index contributed by atoms with van der Waals surface area (Å²) in [6.45, 7) is 23.9. The van der Waals surface area contributed by atoms with E-state index in [-0.39, 0.29) is 121 Å². The van der Waals surface area contributed by atoms with E-state index < -0.39 is 23.7 Å². The van der Waals surface area contributed by atoms with E-state index in [1.165, 1.54) is 0 Å². The fourth-order valence-corrected chi connectivity index (χ4v) is 9.59. The first-order valence-corrected chi connectivity index (χ1v) is 23.7. The molecule has 0 N–H and O–H groups in total. The molecule has 5 fully saturated rings. The van der Waals surface area contributed by atoms with Crippen molar-refractivity contribution in [2.24, 2.45) is 47.3 Å². The Morgan fingerprint density at radius 1 is 0.333 bits per heavy atom.